The lowest BCUT2D eigenvalue weighted by atomic mass is 10.1. The third-order valence-electron chi connectivity index (χ3n) is 3.14. The average Bonchev–Trinajstić information content (AvgIpc) is 2.44. The fraction of sp³-hybridized carbons (Fsp3) is 0.294. The second-order valence-electron chi connectivity index (χ2n) is 4.79. The molecular formula is C17H20FNO. The summed E-state index contributed by atoms with van der Waals surface area (Å²) in [6.45, 7) is 5.45. The molecule has 0 saturated carbocycles. The van der Waals surface area contributed by atoms with E-state index in [0.29, 0.717) is 12.4 Å². The summed E-state index contributed by atoms with van der Waals surface area (Å²) >= 11 is 0. The van der Waals surface area contributed by atoms with Gasteiger partial charge in [0.05, 0.1) is 6.04 Å². The molecule has 0 aliphatic rings. The topological polar surface area (TPSA) is 21.3 Å². The summed E-state index contributed by atoms with van der Waals surface area (Å²) in [5.41, 5.74) is 2.41. The summed E-state index contributed by atoms with van der Waals surface area (Å²) in [5.74, 6) is 0.276. The van der Waals surface area contributed by atoms with Crippen LogP contribution in [-0.4, -0.2) is 13.2 Å². The molecule has 0 spiro atoms. The highest BCUT2D eigenvalue weighted by atomic mass is 19.1. The number of halogens is 1. The molecule has 0 radical (unpaired) electrons. The molecule has 2 rings (SSSR count). The number of benzene rings is 2. The van der Waals surface area contributed by atoms with Crippen molar-refractivity contribution >= 4 is 0 Å². The highest BCUT2D eigenvalue weighted by molar-refractivity contribution is 5.25. The van der Waals surface area contributed by atoms with Crippen LogP contribution >= 0.6 is 0 Å². The lowest BCUT2D eigenvalue weighted by molar-refractivity contribution is 0.267. The number of likely N-dealkylation sites (N-methyl/N-ethyl adjacent to an activating group) is 1. The van der Waals surface area contributed by atoms with Crippen molar-refractivity contribution in [2.24, 2.45) is 0 Å². The van der Waals surface area contributed by atoms with Gasteiger partial charge in [0.15, 0.2) is 0 Å². The van der Waals surface area contributed by atoms with E-state index in [1.54, 1.807) is 12.1 Å². The molecule has 0 amide bonds. The average molecular weight is 273 g/mol. The summed E-state index contributed by atoms with van der Waals surface area (Å²) in [4.78, 5) is 0. The van der Waals surface area contributed by atoms with Crippen LogP contribution in [0.2, 0.25) is 0 Å². The van der Waals surface area contributed by atoms with Crippen molar-refractivity contribution < 1.29 is 9.13 Å². The first kappa shape index (κ1) is 14.5. The van der Waals surface area contributed by atoms with Crippen molar-refractivity contribution in [3.63, 3.8) is 0 Å². The van der Waals surface area contributed by atoms with E-state index in [1.165, 1.54) is 23.3 Å². The molecule has 20 heavy (non-hydrogen) atoms. The molecule has 2 aromatic rings. The molecule has 1 unspecified atom stereocenters. The van der Waals surface area contributed by atoms with Gasteiger partial charge in [-0.15, -0.1) is 0 Å². The van der Waals surface area contributed by atoms with Gasteiger partial charge in [0.1, 0.15) is 18.2 Å². The van der Waals surface area contributed by atoms with Gasteiger partial charge in [-0.1, -0.05) is 42.8 Å². The van der Waals surface area contributed by atoms with Gasteiger partial charge in [0.25, 0.3) is 0 Å². The van der Waals surface area contributed by atoms with E-state index in [1.807, 2.05) is 0 Å². The fourth-order valence-electron chi connectivity index (χ4n) is 2.05. The Morgan fingerprint density at radius 2 is 1.90 bits per heavy atom. The number of nitrogens with one attached hydrogen (secondary N) is 1. The van der Waals surface area contributed by atoms with Crippen LogP contribution in [-0.2, 0) is 0 Å². The van der Waals surface area contributed by atoms with Crippen molar-refractivity contribution in [2.75, 3.05) is 13.2 Å². The molecule has 0 aliphatic carbocycles. The summed E-state index contributed by atoms with van der Waals surface area (Å²) in [6.07, 6.45) is 0. The molecule has 0 heterocycles. The zero-order chi connectivity index (χ0) is 14.4. The number of ether oxygens (including phenoxy) is 1. The molecule has 0 bridgehead atoms. The first-order valence-electron chi connectivity index (χ1n) is 6.87. The van der Waals surface area contributed by atoms with E-state index in [9.17, 15) is 4.39 Å². The van der Waals surface area contributed by atoms with Crippen molar-refractivity contribution in [2.45, 2.75) is 19.9 Å². The zero-order valence-corrected chi connectivity index (χ0v) is 11.9. The van der Waals surface area contributed by atoms with Crippen LogP contribution in [0.3, 0.4) is 0 Å². The van der Waals surface area contributed by atoms with E-state index in [-0.39, 0.29) is 11.9 Å². The molecule has 2 aromatic carbocycles. The second kappa shape index (κ2) is 7.06. The maximum atomic E-state index is 13.1. The molecule has 0 saturated heterocycles. The van der Waals surface area contributed by atoms with Crippen LogP contribution in [0.25, 0.3) is 0 Å². The normalized spacial score (nSPS) is 12.2. The monoisotopic (exact) mass is 273 g/mol. The Labute approximate surface area is 119 Å². The highest BCUT2D eigenvalue weighted by Crippen LogP contribution is 2.18. The first-order valence-corrected chi connectivity index (χ1v) is 6.87. The third-order valence-corrected chi connectivity index (χ3v) is 3.14. The SMILES string of the molecule is CCNC(COc1cccc(F)c1)c1ccc(C)cc1. The van der Waals surface area contributed by atoms with Crippen molar-refractivity contribution in [3.05, 3.63) is 65.5 Å². The Hall–Kier alpha value is -1.87. The van der Waals surface area contributed by atoms with Crippen molar-refractivity contribution in [1.82, 2.24) is 5.32 Å². The zero-order valence-electron chi connectivity index (χ0n) is 11.9. The quantitative estimate of drug-likeness (QED) is 0.862. The number of rotatable bonds is 6. The van der Waals surface area contributed by atoms with Gasteiger partial charge >= 0.3 is 0 Å². The minimum atomic E-state index is -0.280. The van der Waals surface area contributed by atoms with Crippen molar-refractivity contribution in [1.29, 1.82) is 0 Å². The summed E-state index contributed by atoms with van der Waals surface area (Å²) < 4.78 is 18.8. The lowest BCUT2D eigenvalue weighted by Gasteiger charge is -2.19. The van der Waals surface area contributed by atoms with E-state index in [0.717, 1.165) is 6.54 Å². The van der Waals surface area contributed by atoms with Gasteiger partial charge in [0.2, 0.25) is 0 Å². The molecule has 0 aromatic heterocycles. The lowest BCUT2D eigenvalue weighted by Crippen LogP contribution is -2.26. The van der Waals surface area contributed by atoms with Gasteiger partial charge < -0.3 is 10.1 Å². The molecule has 0 aliphatic heterocycles. The Balaban J connectivity index is 2.04. The molecule has 3 heteroatoms. The van der Waals surface area contributed by atoms with Crippen molar-refractivity contribution in [3.8, 4) is 5.75 Å². The standard InChI is InChI=1S/C17H20FNO/c1-3-19-17(14-9-7-13(2)8-10-14)12-20-16-6-4-5-15(18)11-16/h4-11,17,19H,3,12H2,1-2H3. The van der Waals surface area contributed by atoms with Crippen LogP contribution in [0, 0.1) is 12.7 Å². The summed E-state index contributed by atoms with van der Waals surface area (Å²) in [6, 6.07) is 14.7. The molecule has 0 fully saturated rings. The van der Waals surface area contributed by atoms with E-state index >= 15 is 0 Å². The second-order valence-corrected chi connectivity index (χ2v) is 4.79. The maximum absolute atomic E-state index is 13.1. The highest BCUT2D eigenvalue weighted by Gasteiger charge is 2.11. The smallest absolute Gasteiger partial charge is 0.126 e. The van der Waals surface area contributed by atoms with Gasteiger partial charge in [-0.2, -0.15) is 0 Å². The van der Waals surface area contributed by atoms with Crippen LogP contribution in [0.4, 0.5) is 4.39 Å². The predicted molar refractivity (Wildman–Crippen MR) is 79.5 cm³/mol. The van der Waals surface area contributed by atoms with Crippen LogP contribution in [0.15, 0.2) is 48.5 Å². The van der Waals surface area contributed by atoms with E-state index in [4.69, 9.17) is 4.74 Å². The van der Waals surface area contributed by atoms with Crippen LogP contribution < -0.4 is 10.1 Å². The first-order chi connectivity index (χ1) is 9.69. The molecule has 2 nitrogen and oxygen atoms in total. The summed E-state index contributed by atoms with van der Waals surface area (Å²) in [5, 5.41) is 3.38. The Morgan fingerprint density at radius 3 is 2.55 bits per heavy atom. The minimum Gasteiger partial charge on any atom is -0.492 e. The Kier molecular flexibility index (Phi) is 5.13. The summed E-state index contributed by atoms with van der Waals surface area (Å²) in [7, 11) is 0. The molecular weight excluding hydrogens is 253 g/mol. The third kappa shape index (κ3) is 4.07. The van der Waals surface area contributed by atoms with Crippen LogP contribution in [0.5, 0.6) is 5.75 Å². The van der Waals surface area contributed by atoms with Crippen LogP contribution in [0.1, 0.15) is 24.1 Å². The number of hydrogen-bond donors (Lipinski definition) is 1. The largest absolute Gasteiger partial charge is 0.492 e. The van der Waals surface area contributed by atoms with Gasteiger partial charge in [-0.25, -0.2) is 4.39 Å². The van der Waals surface area contributed by atoms with E-state index < -0.39 is 0 Å². The van der Waals surface area contributed by atoms with E-state index in [2.05, 4.69) is 43.4 Å². The van der Waals surface area contributed by atoms with Gasteiger partial charge in [0, 0.05) is 6.07 Å². The molecule has 106 valence electrons. The predicted octanol–water partition coefficient (Wildman–Crippen LogP) is 3.86. The fourth-order valence-corrected chi connectivity index (χ4v) is 2.05. The maximum Gasteiger partial charge on any atom is 0.126 e. The van der Waals surface area contributed by atoms with Gasteiger partial charge in [-0.05, 0) is 31.2 Å². The number of aryl methyl sites for hydroxylation is 1. The van der Waals surface area contributed by atoms with Gasteiger partial charge in [-0.3, -0.25) is 0 Å². The minimum absolute atomic E-state index is 0.101. The molecule has 1 atom stereocenters. The Bertz CT molecular complexity index is 539. The number of hydrogen-bond acceptors (Lipinski definition) is 2. The Morgan fingerprint density at radius 1 is 1.15 bits per heavy atom. The molecule has 1 N–H and O–H groups in total.